The van der Waals surface area contributed by atoms with Gasteiger partial charge in [0.05, 0.1) is 48.7 Å². The molecule has 10 heteroatoms. The van der Waals surface area contributed by atoms with Crippen LogP contribution in [0, 0.1) is 0 Å². The monoisotopic (exact) mass is 618 g/mol. The molecule has 0 spiro atoms. The number of ether oxygens (including phenoxy) is 2. The predicted molar refractivity (Wildman–Crippen MR) is 168 cm³/mol. The van der Waals surface area contributed by atoms with Crippen LogP contribution in [0.15, 0.2) is 48.5 Å². The molecule has 4 N–H and O–H groups in total. The number of unbranched alkanes of at least 4 members (excludes halogenated alkanes) is 10. The summed E-state index contributed by atoms with van der Waals surface area (Å²) in [4.78, 5) is 45.0. The van der Waals surface area contributed by atoms with E-state index in [9.17, 15) is 19.2 Å². The summed E-state index contributed by atoms with van der Waals surface area (Å²) >= 11 is 0. The van der Waals surface area contributed by atoms with E-state index >= 15 is 0 Å². The molecule has 0 atom stereocenters. The zero-order chi connectivity index (χ0) is 33.0. The fourth-order valence-corrected chi connectivity index (χ4v) is 3.86. The first kappa shape index (κ1) is 40.2. The summed E-state index contributed by atoms with van der Waals surface area (Å²) in [6.07, 6.45) is 13.9. The number of rotatable bonds is 19. The molecule has 0 aliphatic rings. The highest BCUT2D eigenvalue weighted by Crippen LogP contribution is 2.11. The van der Waals surface area contributed by atoms with Gasteiger partial charge in [0.25, 0.3) is 0 Å². The molecule has 2 aromatic carbocycles. The number of carbonyl (C=O) groups excluding carboxylic acids is 2. The fourth-order valence-electron chi connectivity index (χ4n) is 3.86. The van der Waals surface area contributed by atoms with Crippen molar-refractivity contribution in [1.82, 2.24) is 0 Å². The van der Waals surface area contributed by atoms with Gasteiger partial charge in [0.15, 0.2) is 0 Å². The maximum atomic E-state index is 12.0. The number of esters is 2. The predicted octanol–water partition coefficient (Wildman–Crippen LogP) is 6.78. The molecule has 0 heterocycles. The first-order valence-corrected chi connectivity index (χ1v) is 15.4. The van der Waals surface area contributed by atoms with Gasteiger partial charge in [-0.05, 0) is 49.2 Å². The Labute approximate surface area is 261 Å². The van der Waals surface area contributed by atoms with E-state index in [-0.39, 0.29) is 36.3 Å². The van der Waals surface area contributed by atoms with Crippen molar-refractivity contribution in [2.45, 2.75) is 90.9 Å². The summed E-state index contributed by atoms with van der Waals surface area (Å²) in [5.41, 5.74) is 0.562. The van der Waals surface area contributed by atoms with Gasteiger partial charge in [-0.3, -0.25) is 0 Å². The Kier molecular flexibility index (Phi) is 24.5. The molecule has 10 nitrogen and oxygen atoms in total. The van der Waals surface area contributed by atoms with Crippen molar-refractivity contribution >= 4 is 23.9 Å². The average molecular weight is 619 g/mol. The molecule has 2 aromatic rings. The number of carbonyl (C=O) groups is 4. The van der Waals surface area contributed by atoms with E-state index in [0.717, 1.165) is 25.7 Å². The van der Waals surface area contributed by atoms with Crippen LogP contribution in [0.2, 0.25) is 0 Å². The molecule has 0 amide bonds. The van der Waals surface area contributed by atoms with Crippen molar-refractivity contribution in [3.8, 4) is 0 Å². The lowest BCUT2D eigenvalue weighted by Crippen LogP contribution is -2.09. The minimum absolute atomic E-state index is 0.125. The topological polar surface area (TPSA) is 168 Å². The second kappa shape index (κ2) is 26.8. The average Bonchev–Trinajstić information content (AvgIpc) is 3.04. The molecule has 0 saturated heterocycles. The van der Waals surface area contributed by atoms with E-state index in [2.05, 4.69) is 13.8 Å². The van der Waals surface area contributed by atoms with Crippen LogP contribution in [0.3, 0.4) is 0 Å². The second-order valence-electron chi connectivity index (χ2n) is 9.99. The SMILES string of the molecule is CCCCCCCCOC(=O)c1ccc(C(=O)OCCCCCCCC)cc1.O=C(O)c1ccccc1C(=O)O.OCCO. The van der Waals surface area contributed by atoms with Crippen LogP contribution in [0.25, 0.3) is 0 Å². The highest BCUT2D eigenvalue weighted by molar-refractivity contribution is 6.01. The van der Waals surface area contributed by atoms with Gasteiger partial charge < -0.3 is 29.9 Å². The van der Waals surface area contributed by atoms with E-state index in [4.69, 9.17) is 29.9 Å². The third kappa shape index (κ3) is 19.4. The maximum Gasteiger partial charge on any atom is 0.338 e. The number of hydrogen-bond acceptors (Lipinski definition) is 8. The quantitative estimate of drug-likeness (QED) is 0.0973. The highest BCUT2D eigenvalue weighted by atomic mass is 16.5. The molecule has 0 saturated carbocycles. The number of carboxylic acid groups (broad SMARTS) is 2. The molecule has 0 unspecified atom stereocenters. The summed E-state index contributed by atoms with van der Waals surface area (Å²) in [6, 6.07) is 12.0. The van der Waals surface area contributed by atoms with Crippen molar-refractivity contribution in [2.24, 2.45) is 0 Å². The Morgan fingerprint density at radius 1 is 0.523 bits per heavy atom. The summed E-state index contributed by atoms with van der Waals surface area (Å²) < 4.78 is 10.6. The van der Waals surface area contributed by atoms with Gasteiger partial charge in [-0.25, -0.2) is 19.2 Å². The van der Waals surface area contributed by atoms with Crippen molar-refractivity contribution in [3.05, 3.63) is 70.8 Å². The smallest absolute Gasteiger partial charge is 0.338 e. The third-order valence-corrected chi connectivity index (χ3v) is 6.31. The maximum absolute atomic E-state index is 12.0. The Bertz CT molecular complexity index is 982. The first-order chi connectivity index (χ1) is 21.2. The minimum Gasteiger partial charge on any atom is -0.478 e. The lowest BCUT2D eigenvalue weighted by molar-refractivity contribution is 0.0483. The Morgan fingerprint density at radius 2 is 0.841 bits per heavy atom. The summed E-state index contributed by atoms with van der Waals surface area (Å²) in [5, 5.41) is 32.4. The van der Waals surface area contributed by atoms with E-state index in [1.54, 1.807) is 24.3 Å². The zero-order valence-corrected chi connectivity index (χ0v) is 26.2. The van der Waals surface area contributed by atoms with Crippen LogP contribution in [0.4, 0.5) is 0 Å². The highest BCUT2D eigenvalue weighted by Gasteiger charge is 2.14. The Hall–Kier alpha value is -3.76. The molecule has 0 aromatic heterocycles. The van der Waals surface area contributed by atoms with Gasteiger partial charge in [0, 0.05) is 0 Å². The van der Waals surface area contributed by atoms with Crippen LogP contribution in [-0.4, -0.2) is 70.7 Å². The Balaban J connectivity index is 0.000000946. The van der Waals surface area contributed by atoms with Gasteiger partial charge in [-0.1, -0.05) is 90.2 Å². The lowest BCUT2D eigenvalue weighted by atomic mass is 10.1. The molecule has 2 rings (SSSR count). The molecular weight excluding hydrogens is 568 g/mol. The van der Waals surface area contributed by atoms with Gasteiger partial charge in [-0.2, -0.15) is 0 Å². The third-order valence-electron chi connectivity index (χ3n) is 6.31. The van der Waals surface area contributed by atoms with Crippen LogP contribution in [0.1, 0.15) is 132 Å². The molecule has 246 valence electrons. The van der Waals surface area contributed by atoms with Crippen molar-refractivity contribution in [2.75, 3.05) is 26.4 Å². The van der Waals surface area contributed by atoms with E-state index < -0.39 is 11.9 Å². The van der Waals surface area contributed by atoms with Crippen LogP contribution in [0.5, 0.6) is 0 Å². The largest absolute Gasteiger partial charge is 0.478 e. The van der Waals surface area contributed by atoms with Gasteiger partial charge in [0.2, 0.25) is 0 Å². The van der Waals surface area contributed by atoms with Gasteiger partial charge in [-0.15, -0.1) is 0 Å². The van der Waals surface area contributed by atoms with Crippen LogP contribution in [-0.2, 0) is 9.47 Å². The molecule has 0 aliphatic carbocycles. The molecule has 0 bridgehead atoms. The van der Waals surface area contributed by atoms with Gasteiger partial charge in [0.1, 0.15) is 0 Å². The number of benzene rings is 2. The number of carboxylic acids is 2. The molecular formula is C34H50O10. The molecule has 0 aliphatic heterocycles. The van der Waals surface area contributed by atoms with Crippen molar-refractivity contribution in [1.29, 1.82) is 0 Å². The molecule has 44 heavy (non-hydrogen) atoms. The Morgan fingerprint density at radius 3 is 1.14 bits per heavy atom. The second-order valence-corrected chi connectivity index (χ2v) is 9.99. The van der Waals surface area contributed by atoms with Crippen LogP contribution >= 0.6 is 0 Å². The molecule has 0 fully saturated rings. The first-order valence-electron chi connectivity index (χ1n) is 15.4. The number of hydrogen-bond donors (Lipinski definition) is 4. The van der Waals surface area contributed by atoms with E-state index in [1.165, 1.54) is 75.6 Å². The zero-order valence-electron chi connectivity index (χ0n) is 26.2. The minimum atomic E-state index is -1.23. The lowest BCUT2D eigenvalue weighted by Gasteiger charge is -2.07. The summed E-state index contributed by atoms with van der Waals surface area (Å²) in [6.45, 7) is 5.05. The summed E-state index contributed by atoms with van der Waals surface area (Å²) in [5.74, 6) is -3.12. The fraction of sp³-hybridized carbons (Fsp3) is 0.529. The number of aliphatic hydroxyl groups excluding tert-OH is 2. The normalized spacial score (nSPS) is 10.0. The van der Waals surface area contributed by atoms with Gasteiger partial charge >= 0.3 is 23.9 Å². The van der Waals surface area contributed by atoms with Crippen molar-refractivity contribution < 1.29 is 49.1 Å². The molecule has 0 radical (unpaired) electrons. The standard InChI is InChI=1S/C24H38O4.C8H6O4.C2H6O2/c1-3-5-7-9-11-13-19-27-23(25)21-15-17-22(18-16-21)24(26)28-20-14-12-10-8-6-4-2;9-7(10)5-3-1-2-4-6(5)8(11)12;3-1-2-4/h15-18H,3-14,19-20H2,1-2H3;1-4H,(H,9,10)(H,11,12);3-4H,1-2H2. The summed E-state index contributed by atoms with van der Waals surface area (Å²) in [7, 11) is 0. The number of aliphatic hydroxyl groups is 2. The van der Waals surface area contributed by atoms with Crippen molar-refractivity contribution in [3.63, 3.8) is 0 Å². The number of aromatic carboxylic acids is 2. The van der Waals surface area contributed by atoms with E-state index in [0.29, 0.717) is 24.3 Å². The van der Waals surface area contributed by atoms with Crippen LogP contribution < -0.4 is 0 Å². The van der Waals surface area contributed by atoms with E-state index in [1.807, 2.05) is 0 Å².